The first-order valence-corrected chi connectivity index (χ1v) is 15.5. The van der Waals surface area contributed by atoms with E-state index in [1.807, 2.05) is 24.3 Å². The van der Waals surface area contributed by atoms with Gasteiger partial charge in [-0.25, -0.2) is 26.5 Å². The fraction of sp³-hybridized carbons (Fsp3) is 0.286. The predicted octanol–water partition coefficient (Wildman–Crippen LogP) is 5.70. The van der Waals surface area contributed by atoms with Gasteiger partial charge < -0.3 is 14.8 Å². The maximum absolute atomic E-state index is 15.7. The highest BCUT2D eigenvalue weighted by Crippen LogP contribution is 2.37. The Kier molecular flexibility index (Phi) is 9.11. The number of rotatable bonds is 12. The lowest BCUT2D eigenvalue weighted by Gasteiger charge is -2.31. The first-order chi connectivity index (χ1) is 20.2. The summed E-state index contributed by atoms with van der Waals surface area (Å²) in [6.07, 6.45) is 2.31. The Labute approximate surface area is 251 Å². The summed E-state index contributed by atoms with van der Waals surface area (Å²) in [4.78, 5) is 5.10. The largest absolute Gasteiger partial charge is 0.497 e. The van der Waals surface area contributed by atoms with Gasteiger partial charge in [0, 0.05) is 42.3 Å². The zero-order valence-electron chi connectivity index (χ0n) is 22.8. The lowest BCUT2D eigenvalue weighted by molar-refractivity contribution is 0.172. The Morgan fingerprint density at radius 1 is 1.07 bits per heavy atom. The molecule has 1 aromatic heterocycles. The van der Waals surface area contributed by atoms with E-state index < -0.39 is 31.6 Å². The van der Waals surface area contributed by atoms with E-state index >= 15 is 8.78 Å². The smallest absolute Gasteiger partial charge is 0.272 e. The van der Waals surface area contributed by atoms with Gasteiger partial charge in [-0.3, -0.25) is 4.90 Å². The molecule has 0 aliphatic carbocycles. The van der Waals surface area contributed by atoms with Crippen molar-refractivity contribution < 1.29 is 26.7 Å². The Morgan fingerprint density at radius 3 is 2.48 bits per heavy atom. The van der Waals surface area contributed by atoms with Crippen LogP contribution in [0.4, 0.5) is 19.6 Å². The highest BCUT2D eigenvalue weighted by atomic mass is 35.5. The number of nitrogens with one attached hydrogen (secondary N) is 1. The molecule has 1 saturated heterocycles. The van der Waals surface area contributed by atoms with Gasteiger partial charge in [-0.15, -0.1) is 0 Å². The van der Waals surface area contributed by atoms with E-state index in [1.54, 1.807) is 18.2 Å². The van der Waals surface area contributed by atoms with Crippen LogP contribution in [0.2, 0.25) is 5.02 Å². The monoisotopic (exact) mass is 635 g/mol. The normalized spacial score (nSPS) is 13.5. The summed E-state index contributed by atoms with van der Waals surface area (Å²) in [7, 11) is -1.97. The van der Waals surface area contributed by atoms with E-state index in [1.165, 1.54) is 14.2 Å². The molecular weight excluding hydrogens is 608 g/mol. The van der Waals surface area contributed by atoms with E-state index in [9.17, 15) is 8.42 Å². The SMILES string of the molecule is COc1ccc(CN(c2ncns2)S(=O)(=O)c2c(F)cc(NCc3ccccc3CN3CCC3)c(Cl)c2F)c(OC)c1. The van der Waals surface area contributed by atoms with Gasteiger partial charge >= 0.3 is 0 Å². The van der Waals surface area contributed by atoms with Crippen molar-refractivity contribution in [3.63, 3.8) is 0 Å². The Balaban J connectivity index is 1.46. The van der Waals surface area contributed by atoms with Crippen molar-refractivity contribution in [3.05, 3.63) is 88.2 Å². The lowest BCUT2D eigenvalue weighted by Crippen LogP contribution is -2.36. The quantitative estimate of drug-likeness (QED) is 0.198. The van der Waals surface area contributed by atoms with Gasteiger partial charge in [0.15, 0.2) is 10.7 Å². The van der Waals surface area contributed by atoms with Crippen LogP contribution in [-0.2, 0) is 29.7 Å². The minimum Gasteiger partial charge on any atom is -0.497 e. The van der Waals surface area contributed by atoms with Crippen LogP contribution >= 0.6 is 23.1 Å². The highest BCUT2D eigenvalue weighted by Gasteiger charge is 2.36. The minimum atomic E-state index is -4.86. The van der Waals surface area contributed by atoms with E-state index in [-0.39, 0.29) is 23.9 Å². The van der Waals surface area contributed by atoms with Crippen LogP contribution in [0.1, 0.15) is 23.1 Å². The topological polar surface area (TPSA) is 96.9 Å². The predicted molar refractivity (Wildman–Crippen MR) is 158 cm³/mol. The maximum atomic E-state index is 15.7. The average Bonchev–Trinajstić information content (AvgIpc) is 3.49. The number of nitrogens with zero attached hydrogens (tertiary/aromatic N) is 4. The molecule has 5 rings (SSSR count). The Bertz CT molecular complexity index is 1670. The Hall–Kier alpha value is -3.52. The van der Waals surface area contributed by atoms with E-state index in [2.05, 4.69) is 19.6 Å². The number of anilines is 2. The third kappa shape index (κ3) is 6.14. The van der Waals surface area contributed by atoms with Crippen molar-refractivity contribution in [1.29, 1.82) is 0 Å². The third-order valence-electron chi connectivity index (χ3n) is 6.97. The van der Waals surface area contributed by atoms with E-state index in [0.717, 1.165) is 65.4 Å². The molecule has 42 heavy (non-hydrogen) atoms. The number of hydrogen-bond acceptors (Lipinski definition) is 9. The van der Waals surface area contributed by atoms with Crippen molar-refractivity contribution in [3.8, 4) is 11.5 Å². The number of likely N-dealkylation sites (tertiary alicyclic amines) is 1. The molecule has 1 aliphatic heterocycles. The molecule has 0 atom stereocenters. The van der Waals surface area contributed by atoms with Crippen LogP contribution in [0.15, 0.2) is 59.8 Å². The molecule has 0 saturated carbocycles. The van der Waals surface area contributed by atoms with Crippen molar-refractivity contribution >= 4 is 44.0 Å². The molecule has 0 amide bonds. The van der Waals surface area contributed by atoms with Gasteiger partial charge in [0.2, 0.25) is 5.13 Å². The average molecular weight is 636 g/mol. The standard InChI is InChI=1S/C28H28ClF2N5O4S2/c1-39-21-9-8-20(24(12-21)40-2)16-36(28-33-17-34-41-28)42(37,38)27-22(30)13-23(25(29)26(27)31)32-14-18-6-3-4-7-19(18)15-35-10-5-11-35/h3-4,6-9,12-13,17,32H,5,10-11,14-16H2,1-2H3. The molecule has 14 heteroatoms. The van der Waals surface area contributed by atoms with Gasteiger partial charge in [-0.1, -0.05) is 35.9 Å². The summed E-state index contributed by atoms with van der Waals surface area (Å²) in [5.41, 5.74) is 2.36. The fourth-order valence-corrected chi connectivity index (χ4v) is 7.10. The number of hydrogen-bond donors (Lipinski definition) is 1. The van der Waals surface area contributed by atoms with Crippen LogP contribution in [0, 0.1) is 11.6 Å². The van der Waals surface area contributed by atoms with E-state index in [0.29, 0.717) is 17.1 Å². The van der Waals surface area contributed by atoms with Crippen LogP contribution in [0.3, 0.4) is 0 Å². The highest BCUT2D eigenvalue weighted by molar-refractivity contribution is 7.93. The van der Waals surface area contributed by atoms with Gasteiger partial charge in [0.05, 0.1) is 26.5 Å². The lowest BCUT2D eigenvalue weighted by atomic mass is 10.1. The van der Waals surface area contributed by atoms with Gasteiger partial charge in [-0.05, 0) is 42.8 Å². The second kappa shape index (κ2) is 12.8. The summed E-state index contributed by atoms with van der Waals surface area (Å²) < 4.78 is 74.3. The van der Waals surface area contributed by atoms with E-state index in [4.69, 9.17) is 21.1 Å². The summed E-state index contributed by atoms with van der Waals surface area (Å²) in [6, 6.07) is 13.4. The molecular formula is C28H28ClF2N5O4S2. The maximum Gasteiger partial charge on any atom is 0.272 e. The number of benzene rings is 3. The summed E-state index contributed by atoms with van der Waals surface area (Å²) >= 11 is 7.07. The molecule has 3 aromatic carbocycles. The molecule has 2 heterocycles. The van der Waals surface area contributed by atoms with Crippen LogP contribution in [0.25, 0.3) is 0 Å². The molecule has 0 unspecified atom stereocenters. The van der Waals surface area contributed by atoms with Crippen molar-refractivity contribution in [2.24, 2.45) is 0 Å². The number of aromatic nitrogens is 2. The second-order valence-corrected chi connectivity index (χ2v) is 12.5. The van der Waals surface area contributed by atoms with Crippen molar-refractivity contribution in [2.45, 2.75) is 31.0 Å². The zero-order chi connectivity index (χ0) is 29.9. The van der Waals surface area contributed by atoms with Crippen LogP contribution < -0.4 is 19.1 Å². The minimum absolute atomic E-state index is 0.0661. The van der Waals surface area contributed by atoms with Crippen molar-refractivity contribution in [2.75, 3.05) is 36.9 Å². The molecule has 0 spiro atoms. The number of sulfonamides is 1. The fourth-order valence-electron chi connectivity index (χ4n) is 4.58. The third-order valence-corrected chi connectivity index (χ3v) is 9.91. The molecule has 0 bridgehead atoms. The number of ether oxygens (including phenoxy) is 2. The Morgan fingerprint density at radius 2 is 1.83 bits per heavy atom. The van der Waals surface area contributed by atoms with Gasteiger partial charge in [0.1, 0.15) is 28.7 Å². The number of methoxy groups -OCH3 is 2. The van der Waals surface area contributed by atoms with Crippen LogP contribution in [0.5, 0.6) is 11.5 Å². The van der Waals surface area contributed by atoms with Gasteiger partial charge in [0.25, 0.3) is 10.0 Å². The first-order valence-electron chi connectivity index (χ1n) is 12.9. The molecule has 1 fully saturated rings. The molecule has 1 N–H and O–H groups in total. The summed E-state index contributed by atoms with van der Waals surface area (Å²) in [5, 5.41) is 2.33. The molecule has 222 valence electrons. The molecule has 9 nitrogen and oxygen atoms in total. The number of halogens is 3. The summed E-state index contributed by atoms with van der Waals surface area (Å²) in [6.45, 7) is 2.71. The molecule has 4 aromatic rings. The first kappa shape index (κ1) is 30.0. The molecule has 1 aliphatic rings. The molecule has 0 radical (unpaired) electrons. The van der Waals surface area contributed by atoms with Crippen molar-refractivity contribution in [1.82, 2.24) is 14.3 Å². The second-order valence-electron chi connectivity index (χ2n) is 9.53. The van der Waals surface area contributed by atoms with Crippen LogP contribution in [-0.4, -0.2) is 50.0 Å². The summed E-state index contributed by atoms with van der Waals surface area (Å²) in [5.74, 6) is -1.92. The van der Waals surface area contributed by atoms with Gasteiger partial charge in [-0.2, -0.15) is 4.37 Å². The zero-order valence-corrected chi connectivity index (χ0v) is 25.2.